The van der Waals surface area contributed by atoms with Crippen molar-refractivity contribution < 1.29 is 14.3 Å². The Hall–Kier alpha value is -2.86. The molecule has 0 bridgehead atoms. The highest BCUT2D eigenvalue weighted by atomic mass is 32.1. The number of nitrogens with zero attached hydrogens (tertiary/aromatic N) is 1. The van der Waals surface area contributed by atoms with Crippen LogP contribution in [0.25, 0.3) is 11.3 Å². The molecular formula is C22H24N2O3S. The van der Waals surface area contributed by atoms with Crippen molar-refractivity contribution in [3.05, 3.63) is 59.0 Å². The van der Waals surface area contributed by atoms with Crippen molar-refractivity contribution in [1.82, 2.24) is 4.98 Å². The first-order valence-corrected chi connectivity index (χ1v) is 9.97. The van der Waals surface area contributed by atoms with E-state index in [1.165, 1.54) is 16.9 Å². The van der Waals surface area contributed by atoms with E-state index in [0.29, 0.717) is 16.8 Å². The summed E-state index contributed by atoms with van der Waals surface area (Å²) in [5.74, 6) is 1.68. The zero-order valence-electron chi connectivity index (χ0n) is 16.5. The Morgan fingerprint density at radius 3 is 2.71 bits per heavy atom. The van der Waals surface area contributed by atoms with Gasteiger partial charge in [-0.1, -0.05) is 32.0 Å². The van der Waals surface area contributed by atoms with Gasteiger partial charge in [-0.05, 0) is 48.2 Å². The van der Waals surface area contributed by atoms with E-state index >= 15 is 0 Å². The second-order valence-corrected chi connectivity index (χ2v) is 7.64. The first-order valence-electron chi connectivity index (χ1n) is 9.09. The van der Waals surface area contributed by atoms with Crippen LogP contribution in [0.2, 0.25) is 0 Å². The number of carbonyl (C=O) groups is 1. The molecule has 0 aliphatic rings. The van der Waals surface area contributed by atoms with Crippen LogP contribution in [0.5, 0.6) is 11.5 Å². The number of aromatic nitrogens is 1. The molecule has 0 unspecified atom stereocenters. The largest absolute Gasteiger partial charge is 0.497 e. The van der Waals surface area contributed by atoms with Crippen molar-refractivity contribution in [1.29, 1.82) is 0 Å². The van der Waals surface area contributed by atoms with Crippen LogP contribution in [0.3, 0.4) is 0 Å². The molecule has 0 atom stereocenters. The summed E-state index contributed by atoms with van der Waals surface area (Å²) in [5.41, 5.74) is 4.17. The van der Waals surface area contributed by atoms with E-state index in [1.807, 2.05) is 41.8 Å². The zero-order chi connectivity index (χ0) is 20.1. The standard InChI is InChI=1S/C22H24N2O3S/c1-14(2)19-9-8-18(10-15(19)3)27-12-21(25)24-22-23-20(13-28-22)16-6-5-7-17(11-16)26-4/h5-11,13-14H,12H2,1-4H3,(H,23,24,25). The normalized spacial score (nSPS) is 10.8. The van der Waals surface area contributed by atoms with Crippen LogP contribution < -0.4 is 14.8 Å². The van der Waals surface area contributed by atoms with Gasteiger partial charge in [0.1, 0.15) is 11.5 Å². The molecular weight excluding hydrogens is 372 g/mol. The maximum atomic E-state index is 12.2. The van der Waals surface area contributed by atoms with Gasteiger partial charge in [-0.2, -0.15) is 0 Å². The van der Waals surface area contributed by atoms with E-state index in [9.17, 15) is 4.79 Å². The minimum Gasteiger partial charge on any atom is -0.497 e. The molecule has 2 aromatic carbocycles. The fraction of sp³-hybridized carbons (Fsp3) is 0.273. The number of methoxy groups -OCH3 is 1. The Kier molecular flexibility index (Phi) is 6.31. The summed E-state index contributed by atoms with van der Waals surface area (Å²) in [4.78, 5) is 16.7. The number of carbonyl (C=O) groups excluding carboxylic acids is 1. The van der Waals surface area contributed by atoms with Crippen molar-refractivity contribution in [3.8, 4) is 22.8 Å². The minimum absolute atomic E-state index is 0.0610. The predicted octanol–water partition coefficient (Wildman–Crippen LogP) is 5.27. The van der Waals surface area contributed by atoms with Gasteiger partial charge >= 0.3 is 0 Å². The summed E-state index contributed by atoms with van der Waals surface area (Å²) >= 11 is 1.38. The van der Waals surface area contributed by atoms with Gasteiger partial charge in [0.2, 0.25) is 0 Å². The molecule has 0 saturated heterocycles. The molecule has 0 aliphatic carbocycles. The number of aryl methyl sites for hydroxylation is 1. The zero-order valence-corrected chi connectivity index (χ0v) is 17.3. The molecule has 1 heterocycles. The van der Waals surface area contributed by atoms with E-state index in [4.69, 9.17) is 9.47 Å². The first-order chi connectivity index (χ1) is 13.5. The predicted molar refractivity (Wildman–Crippen MR) is 113 cm³/mol. The van der Waals surface area contributed by atoms with Crippen molar-refractivity contribution in [2.75, 3.05) is 19.0 Å². The van der Waals surface area contributed by atoms with Crippen molar-refractivity contribution in [2.45, 2.75) is 26.7 Å². The molecule has 3 rings (SSSR count). The second-order valence-electron chi connectivity index (χ2n) is 6.78. The van der Waals surface area contributed by atoms with Gasteiger partial charge in [0.25, 0.3) is 5.91 Å². The number of rotatable bonds is 7. The fourth-order valence-electron chi connectivity index (χ4n) is 2.94. The summed E-state index contributed by atoms with van der Waals surface area (Å²) in [5, 5.41) is 5.23. The second kappa shape index (κ2) is 8.89. The summed E-state index contributed by atoms with van der Waals surface area (Å²) in [6, 6.07) is 13.6. The molecule has 1 aromatic heterocycles. The molecule has 0 aliphatic heterocycles. The Labute approximate surface area is 169 Å². The van der Waals surface area contributed by atoms with Gasteiger partial charge < -0.3 is 9.47 Å². The molecule has 1 N–H and O–H groups in total. The number of ether oxygens (including phenoxy) is 2. The highest BCUT2D eigenvalue weighted by molar-refractivity contribution is 7.14. The summed E-state index contributed by atoms with van der Waals surface area (Å²) < 4.78 is 10.9. The maximum absolute atomic E-state index is 12.2. The van der Waals surface area contributed by atoms with Gasteiger partial charge in [-0.25, -0.2) is 4.98 Å². The molecule has 28 heavy (non-hydrogen) atoms. The maximum Gasteiger partial charge on any atom is 0.264 e. The quantitative estimate of drug-likeness (QED) is 0.591. The Morgan fingerprint density at radius 2 is 2.00 bits per heavy atom. The summed E-state index contributed by atoms with van der Waals surface area (Å²) in [6.07, 6.45) is 0. The summed E-state index contributed by atoms with van der Waals surface area (Å²) in [6.45, 7) is 6.31. The van der Waals surface area contributed by atoms with Crippen molar-refractivity contribution in [2.24, 2.45) is 0 Å². The van der Waals surface area contributed by atoms with Crippen LogP contribution in [0, 0.1) is 6.92 Å². The van der Waals surface area contributed by atoms with Crippen LogP contribution in [0.4, 0.5) is 5.13 Å². The molecule has 0 saturated carbocycles. The van der Waals surface area contributed by atoms with E-state index < -0.39 is 0 Å². The highest BCUT2D eigenvalue weighted by Gasteiger charge is 2.10. The minimum atomic E-state index is -0.239. The Balaban J connectivity index is 1.58. The number of benzene rings is 2. The van der Waals surface area contributed by atoms with Gasteiger partial charge in [-0.15, -0.1) is 11.3 Å². The van der Waals surface area contributed by atoms with E-state index in [0.717, 1.165) is 22.6 Å². The number of hydrogen-bond donors (Lipinski definition) is 1. The molecule has 5 nitrogen and oxygen atoms in total. The molecule has 3 aromatic rings. The van der Waals surface area contributed by atoms with E-state index in [-0.39, 0.29) is 12.5 Å². The van der Waals surface area contributed by atoms with Crippen molar-refractivity contribution in [3.63, 3.8) is 0 Å². The smallest absolute Gasteiger partial charge is 0.264 e. The first kappa shape index (κ1) is 19.9. The SMILES string of the molecule is COc1cccc(-c2csc(NC(=O)COc3ccc(C(C)C)c(C)c3)n2)c1. The molecule has 146 valence electrons. The van der Waals surface area contributed by atoms with E-state index in [1.54, 1.807) is 7.11 Å². The lowest BCUT2D eigenvalue weighted by Crippen LogP contribution is -2.20. The van der Waals surface area contributed by atoms with Gasteiger partial charge in [-0.3, -0.25) is 10.1 Å². The number of nitrogens with one attached hydrogen (secondary N) is 1. The third-order valence-electron chi connectivity index (χ3n) is 4.35. The van der Waals surface area contributed by atoms with Gasteiger partial charge in [0.05, 0.1) is 12.8 Å². The average molecular weight is 397 g/mol. The van der Waals surface area contributed by atoms with Crippen LogP contribution in [-0.4, -0.2) is 24.6 Å². The summed E-state index contributed by atoms with van der Waals surface area (Å²) in [7, 11) is 1.63. The lowest BCUT2D eigenvalue weighted by Gasteiger charge is -2.12. The molecule has 6 heteroatoms. The molecule has 0 fully saturated rings. The number of amides is 1. The lowest BCUT2D eigenvalue weighted by atomic mass is 9.98. The van der Waals surface area contributed by atoms with Gasteiger partial charge in [0, 0.05) is 10.9 Å². The molecule has 0 spiro atoms. The van der Waals surface area contributed by atoms with E-state index in [2.05, 4.69) is 37.1 Å². The third kappa shape index (κ3) is 4.89. The van der Waals surface area contributed by atoms with Crippen LogP contribution in [0.15, 0.2) is 47.8 Å². The monoisotopic (exact) mass is 396 g/mol. The van der Waals surface area contributed by atoms with Crippen LogP contribution >= 0.6 is 11.3 Å². The topological polar surface area (TPSA) is 60.5 Å². The number of hydrogen-bond acceptors (Lipinski definition) is 5. The molecule has 0 radical (unpaired) electrons. The van der Waals surface area contributed by atoms with Crippen LogP contribution in [0.1, 0.15) is 30.9 Å². The fourth-order valence-corrected chi connectivity index (χ4v) is 3.67. The number of thiazole rings is 1. The highest BCUT2D eigenvalue weighted by Crippen LogP contribution is 2.27. The third-order valence-corrected chi connectivity index (χ3v) is 5.11. The van der Waals surface area contributed by atoms with Crippen LogP contribution in [-0.2, 0) is 4.79 Å². The average Bonchev–Trinajstić information content (AvgIpc) is 3.14. The van der Waals surface area contributed by atoms with Gasteiger partial charge in [0.15, 0.2) is 11.7 Å². The molecule has 1 amide bonds. The number of anilines is 1. The Morgan fingerprint density at radius 1 is 1.18 bits per heavy atom. The lowest BCUT2D eigenvalue weighted by molar-refractivity contribution is -0.118. The Bertz CT molecular complexity index is 966. The van der Waals surface area contributed by atoms with Crippen molar-refractivity contribution >= 4 is 22.4 Å².